The molecule has 2 rings (SSSR count). The topological polar surface area (TPSA) is 34.9 Å². The van der Waals surface area contributed by atoms with Crippen molar-refractivity contribution in [3.8, 4) is 0 Å². The SMILES string of the molecule is O=Cc1ccn(Cc2cncc(F)c2)c1. The molecule has 0 saturated heterocycles. The highest BCUT2D eigenvalue weighted by Gasteiger charge is 1.99. The molecule has 3 nitrogen and oxygen atoms in total. The van der Waals surface area contributed by atoms with Gasteiger partial charge in [0.25, 0.3) is 0 Å². The third-order valence-electron chi connectivity index (χ3n) is 2.04. The first-order valence-corrected chi connectivity index (χ1v) is 4.48. The van der Waals surface area contributed by atoms with Crippen molar-refractivity contribution in [2.45, 2.75) is 6.54 Å². The number of pyridine rings is 1. The largest absolute Gasteiger partial charge is 0.349 e. The molecule has 0 spiro atoms. The van der Waals surface area contributed by atoms with Gasteiger partial charge in [0.2, 0.25) is 0 Å². The van der Waals surface area contributed by atoms with E-state index in [1.807, 2.05) is 0 Å². The van der Waals surface area contributed by atoms with Gasteiger partial charge in [-0.05, 0) is 17.7 Å². The zero-order chi connectivity index (χ0) is 10.7. The van der Waals surface area contributed by atoms with E-state index in [0.29, 0.717) is 12.1 Å². The van der Waals surface area contributed by atoms with Gasteiger partial charge in [0, 0.05) is 30.7 Å². The summed E-state index contributed by atoms with van der Waals surface area (Å²) in [5.74, 6) is -0.352. The second-order valence-corrected chi connectivity index (χ2v) is 3.25. The van der Waals surface area contributed by atoms with Gasteiger partial charge in [0.1, 0.15) is 5.82 Å². The highest BCUT2D eigenvalue weighted by Crippen LogP contribution is 2.05. The zero-order valence-electron chi connectivity index (χ0n) is 7.93. The van der Waals surface area contributed by atoms with Crippen LogP contribution in [0.25, 0.3) is 0 Å². The van der Waals surface area contributed by atoms with Crippen LogP contribution in [0.5, 0.6) is 0 Å². The predicted molar refractivity (Wildman–Crippen MR) is 53.1 cm³/mol. The fourth-order valence-electron chi connectivity index (χ4n) is 1.38. The third kappa shape index (κ3) is 2.28. The van der Waals surface area contributed by atoms with Gasteiger partial charge in [0.15, 0.2) is 6.29 Å². The van der Waals surface area contributed by atoms with Crippen molar-refractivity contribution in [2.75, 3.05) is 0 Å². The number of carbonyl (C=O) groups is 1. The molecule has 0 fully saturated rings. The molecule has 76 valence electrons. The lowest BCUT2D eigenvalue weighted by atomic mass is 10.3. The minimum Gasteiger partial charge on any atom is -0.349 e. The van der Waals surface area contributed by atoms with E-state index in [2.05, 4.69) is 4.98 Å². The minimum absolute atomic E-state index is 0.352. The summed E-state index contributed by atoms with van der Waals surface area (Å²) in [4.78, 5) is 14.2. The van der Waals surface area contributed by atoms with Crippen LogP contribution in [0.1, 0.15) is 15.9 Å². The smallest absolute Gasteiger partial charge is 0.151 e. The van der Waals surface area contributed by atoms with E-state index in [-0.39, 0.29) is 5.82 Å². The first-order valence-electron chi connectivity index (χ1n) is 4.48. The maximum Gasteiger partial charge on any atom is 0.151 e. The number of hydrogen-bond donors (Lipinski definition) is 0. The highest BCUT2D eigenvalue weighted by atomic mass is 19.1. The number of rotatable bonds is 3. The van der Waals surface area contributed by atoms with Gasteiger partial charge in [-0.3, -0.25) is 9.78 Å². The molecule has 0 bridgehead atoms. The Labute approximate surface area is 86.2 Å². The summed E-state index contributed by atoms with van der Waals surface area (Å²) in [5, 5.41) is 0. The Hall–Kier alpha value is -1.97. The van der Waals surface area contributed by atoms with E-state index in [9.17, 15) is 9.18 Å². The van der Waals surface area contributed by atoms with Crippen LogP contribution in [0.15, 0.2) is 36.9 Å². The van der Waals surface area contributed by atoms with Gasteiger partial charge in [0.05, 0.1) is 6.20 Å². The van der Waals surface area contributed by atoms with E-state index >= 15 is 0 Å². The van der Waals surface area contributed by atoms with Crippen molar-refractivity contribution in [1.29, 1.82) is 0 Å². The molecule has 15 heavy (non-hydrogen) atoms. The molecule has 0 amide bonds. The van der Waals surface area contributed by atoms with Crippen LogP contribution in [0.2, 0.25) is 0 Å². The molecule has 0 aliphatic rings. The monoisotopic (exact) mass is 204 g/mol. The van der Waals surface area contributed by atoms with Crippen LogP contribution >= 0.6 is 0 Å². The highest BCUT2D eigenvalue weighted by molar-refractivity contribution is 5.74. The number of carbonyl (C=O) groups excluding carboxylic acids is 1. The maximum absolute atomic E-state index is 12.8. The van der Waals surface area contributed by atoms with Gasteiger partial charge in [-0.2, -0.15) is 0 Å². The van der Waals surface area contributed by atoms with Crippen molar-refractivity contribution in [3.63, 3.8) is 0 Å². The summed E-state index contributed by atoms with van der Waals surface area (Å²) in [6.07, 6.45) is 7.02. The average molecular weight is 204 g/mol. The molecule has 2 aromatic rings. The molecule has 2 aromatic heterocycles. The Balaban J connectivity index is 2.18. The van der Waals surface area contributed by atoms with Gasteiger partial charge in [-0.1, -0.05) is 0 Å². The van der Waals surface area contributed by atoms with Crippen LogP contribution in [0.3, 0.4) is 0 Å². The molecule has 4 heteroatoms. The molecule has 0 radical (unpaired) electrons. The summed E-state index contributed by atoms with van der Waals surface area (Å²) >= 11 is 0. The van der Waals surface area contributed by atoms with Gasteiger partial charge >= 0.3 is 0 Å². The Morgan fingerprint density at radius 3 is 3.00 bits per heavy atom. The predicted octanol–water partition coefficient (Wildman–Crippen LogP) is 1.88. The summed E-state index contributed by atoms with van der Waals surface area (Å²) in [6.45, 7) is 0.512. The normalized spacial score (nSPS) is 10.2. The summed E-state index contributed by atoms with van der Waals surface area (Å²) < 4.78 is 14.6. The molecule has 0 aliphatic heterocycles. The van der Waals surface area contributed by atoms with E-state index < -0.39 is 0 Å². The minimum atomic E-state index is -0.352. The summed E-state index contributed by atoms with van der Waals surface area (Å²) in [5.41, 5.74) is 1.38. The molecule has 2 heterocycles. The Bertz CT molecular complexity index is 479. The molecule has 0 aliphatic carbocycles. The van der Waals surface area contributed by atoms with Crippen molar-refractivity contribution < 1.29 is 9.18 Å². The summed E-state index contributed by atoms with van der Waals surface area (Å²) in [6, 6.07) is 3.13. The second-order valence-electron chi connectivity index (χ2n) is 3.25. The molecule has 0 unspecified atom stereocenters. The van der Waals surface area contributed by atoms with E-state index in [0.717, 1.165) is 18.0 Å². The van der Waals surface area contributed by atoms with Gasteiger partial charge in [-0.25, -0.2) is 4.39 Å². The number of halogens is 1. The molecular formula is C11H9FN2O. The van der Waals surface area contributed by atoms with Gasteiger partial charge < -0.3 is 4.57 Å². The van der Waals surface area contributed by atoms with Crippen LogP contribution < -0.4 is 0 Å². The Morgan fingerprint density at radius 1 is 1.47 bits per heavy atom. The first kappa shape index (κ1) is 9.58. The Morgan fingerprint density at radius 2 is 2.33 bits per heavy atom. The van der Waals surface area contributed by atoms with Crippen molar-refractivity contribution in [2.24, 2.45) is 0 Å². The van der Waals surface area contributed by atoms with Crippen LogP contribution in [-0.2, 0) is 6.54 Å². The van der Waals surface area contributed by atoms with Crippen LogP contribution in [-0.4, -0.2) is 15.8 Å². The van der Waals surface area contributed by atoms with Crippen molar-refractivity contribution >= 4 is 6.29 Å². The number of aldehydes is 1. The third-order valence-corrected chi connectivity index (χ3v) is 2.04. The quantitative estimate of drug-likeness (QED) is 0.715. The molecule has 0 saturated carbocycles. The van der Waals surface area contributed by atoms with Crippen molar-refractivity contribution in [1.82, 2.24) is 9.55 Å². The lowest BCUT2D eigenvalue weighted by Gasteiger charge is -2.01. The summed E-state index contributed by atoms with van der Waals surface area (Å²) in [7, 11) is 0. The van der Waals surface area contributed by atoms with E-state index in [1.165, 1.54) is 6.07 Å². The number of nitrogens with zero attached hydrogens (tertiary/aromatic N) is 2. The van der Waals surface area contributed by atoms with Crippen molar-refractivity contribution in [3.05, 3.63) is 53.9 Å². The lowest BCUT2D eigenvalue weighted by Crippen LogP contribution is -1.97. The standard InChI is InChI=1S/C11H9FN2O/c12-11-3-10(4-13-5-11)7-14-2-1-9(6-14)8-15/h1-6,8H,7H2. The maximum atomic E-state index is 12.8. The Kier molecular flexibility index (Phi) is 2.58. The molecule has 0 aromatic carbocycles. The first-order chi connectivity index (χ1) is 7.28. The van der Waals surface area contributed by atoms with E-state index in [4.69, 9.17) is 0 Å². The number of aromatic nitrogens is 2. The van der Waals surface area contributed by atoms with E-state index in [1.54, 1.807) is 29.2 Å². The molecule has 0 N–H and O–H groups in total. The number of hydrogen-bond acceptors (Lipinski definition) is 2. The fraction of sp³-hybridized carbons (Fsp3) is 0.0909. The molecule has 0 atom stereocenters. The second kappa shape index (κ2) is 4.04. The zero-order valence-corrected chi connectivity index (χ0v) is 7.93. The fourth-order valence-corrected chi connectivity index (χ4v) is 1.38. The molecular weight excluding hydrogens is 195 g/mol. The van der Waals surface area contributed by atoms with Crippen LogP contribution in [0.4, 0.5) is 4.39 Å². The lowest BCUT2D eigenvalue weighted by molar-refractivity contribution is 0.112. The average Bonchev–Trinajstić information content (AvgIpc) is 2.65. The van der Waals surface area contributed by atoms with Crippen LogP contribution in [0, 0.1) is 5.82 Å². The van der Waals surface area contributed by atoms with Gasteiger partial charge in [-0.15, -0.1) is 0 Å².